The lowest BCUT2D eigenvalue weighted by Gasteiger charge is -2.24. The first-order valence-corrected chi connectivity index (χ1v) is 12.7. The zero-order valence-electron chi connectivity index (χ0n) is 20.0. The second-order valence-corrected chi connectivity index (χ2v) is 9.75. The predicted octanol–water partition coefficient (Wildman–Crippen LogP) is 4.51. The number of nitrogens with one attached hydrogen (secondary N) is 1. The van der Waals surface area contributed by atoms with E-state index in [0.717, 1.165) is 16.8 Å². The Hall–Kier alpha value is -4.04. The van der Waals surface area contributed by atoms with E-state index in [1.165, 1.54) is 4.68 Å². The standard InChI is InChI=1S/C28H26N4O3S/c1-19-25(27(35)32(30(19)2)23-11-7-4-8-12-23)29-26(34)21-13-15-22(16-14-21)28-31(24(33)18-36-28)17-20-9-5-3-6-10-20/h3-16,28H,17-18H2,1-2H3,(H,29,34). The highest BCUT2D eigenvalue weighted by molar-refractivity contribution is 8.00. The Balaban J connectivity index is 1.34. The van der Waals surface area contributed by atoms with Crippen LogP contribution in [0.5, 0.6) is 0 Å². The van der Waals surface area contributed by atoms with Crippen LogP contribution in [0.2, 0.25) is 0 Å². The molecular weight excluding hydrogens is 472 g/mol. The van der Waals surface area contributed by atoms with E-state index in [2.05, 4.69) is 5.32 Å². The fourth-order valence-electron chi connectivity index (χ4n) is 4.38. The third-order valence-corrected chi connectivity index (χ3v) is 7.67. The number of para-hydroxylation sites is 1. The molecule has 0 spiro atoms. The smallest absolute Gasteiger partial charge is 0.295 e. The summed E-state index contributed by atoms with van der Waals surface area (Å²) in [5, 5.41) is 2.69. The van der Waals surface area contributed by atoms with Gasteiger partial charge in [0.25, 0.3) is 11.5 Å². The minimum Gasteiger partial charge on any atom is -0.322 e. The van der Waals surface area contributed by atoms with Gasteiger partial charge in [-0.25, -0.2) is 4.68 Å². The van der Waals surface area contributed by atoms with Crippen LogP contribution in [0.25, 0.3) is 5.69 Å². The number of carbonyl (C=O) groups is 2. The fourth-order valence-corrected chi connectivity index (χ4v) is 5.57. The Bertz CT molecular complexity index is 1460. The van der Waals surface area contributed by atoms with Gasteiger partial charge in [-0.05, 0) is 42.3 Å². The highest BCUT2D eigenvalue weighted by atomic mass is 32.2. The van der Waals surface area contributed by atoms with E-state index in [0.29, 0.717) is 23.6 Å². The lowest BCUT2D eigenvalue weighted by Crippen LogP contribution is -2.27. The molecule has 1 atom stereocenters. The topological polar surface area (TPSA) is 76.3 Å². The molecule has 8 heteroatoms. The number of rotatable bonds is 6. The van der Waals surface area contributed by atoms with Crippen molar-refractivity contribution in [2.75, 3.05) is 11.1 Å². The Labute approximate surface area is 213 Å². The molecule has 5 rings (SSSR count). The van der Waals surface area contributed by atoms with E-state index in [1.54, 1.807) is 42.5 Å². The number of aromatic nitrogens is 2. The van der Waals surface area contributed by atoms with Gasteiger partial charge >= 0.3 is 0 Å². The van der Waals surface area contributed by atoms with Crippen LogP contribution in [0.4, 0.5) is 5.69 Å². The van der Waals surface area contributed by atoms with Crippen molar-refractivity contribution in [1.82, 2.24) is 14.3 Å². The molecule has 182 valence electrons. The minimum absolute atomic E-state index is 0.102. The molecule has 1 fully saturated rings. The maximum Gasteiger partial charge on any atom is 0.295 e. The van der Waals surface area contributed by atoms with E-state index in [1.807, 2.05) is 77.7 Å². The molecule has 7 nitrogen and oxygen atoms in total. The second kappa shape index (κ2) is 9.91. The monoisotopic (exact) mass is 498 g/mol. The summed E-state index contributed by atoms with van der Waals surface area (Å²) in [7, 11) is 1.79. The number of hydrogen-bond acceptors (Lipinski definition) is 4. The summed E-state index contributed by atoms with van der Waals surface area (Å²) in [5.74, 6) is 0.175. The van der Waals surface area contributed by atoms with Crippen LogP contribution in [0.3, 0.4) is 0 Å². The van der Waals surface area contributed by atoms with Gasteiger partial charge in [-0.15, -0.1) is 11.8 Å². The molecule has 1 aliphatic rings. The first kappa shape index (κ1) is 23.7. The number of carbonyl (C=O) groups excluding carboxylic acids is 2. The van der Waals surface area contributed by atoms with E-state index in [4.69, 9.17) is 0 Å². The SMILES string of the molecule is Cc1c(NC(=O)c2ccc(C3SCC(=O)N3Cc3ccccc3)cc2)c(=O)n(-c2ccccc2)n1C. The molecular formula is C28H26N4O3S. The summed E-state index contributed by atoms with van der Waals surface area (Å²) < 4.78 is 3.26. The van der Waals surface area contributed by atoms with Crippen LogP contribution in [-0.4, -0.2) is 31.8 Å². The van der Waals surface area contributed by atoms with E-state index in [-0.39, 0.29) is 28.4 Å². The maximum absolute atomic E-state index is 13.1. The zero-order chi connectivity index (χ0) is 25.2. The van der Waals surface area contributed by atoms with Crippen LogP contribution < -0.4 is 10.9 Å². The summed E-state index contributed by atoms with van der Waals surface area (Å²) >= 11 is 1.58. The summed E-state index contributed by atoms with van der Waals surface area (Å²) in [6.07, 6.45) is 0. The van der Waals surface area contributed by atoms with E-state index < -0.39 is 0 Å². The predicted molar refractivity (Wildman–Crippen MR) is 142 cm³/mol. The molecule has 0 bridgehead atoms. The van der Waals surface area contributed by atoms with Crippen molar-refractivity contribution < 1.29 is 9.59 Å². The molecule has 2 heterocycles. The molecule has 1 N–H and O–H groups in total. The van der Waals surface area contributed by atoms with Crippen molar-refractivity contribution in [3.63, 3.8) is 0 Å². The van der Waals surface area contributed by atoms with Crippen molar-refractivity contribution in [2.45, 2.75) is 18.8 Å². The number of amides is 2. The quantitative estimate of drug-likeness (QED) is 0.424. The lowest BCUT2D eigenvalue weighted by atomic mass is 10.1. The summed E-state index contributed by atoms with van der Waals surface area (Å²) in [6.45, 7) is 2.34. The average molecular weight is 499 g/mol. The van der Waals surface area contributed by atoms with Crippen molar-refractivity contribution in [3.05, 3.63) is 118 Å². The molecule has 0 saturated carbocycles. The number of hydrogen-bond donors (Lipinski definition) is 1. The van der Waals surface area contributed by atoms with E-state index >= 15 is 0 Å². The first-order chi connectivity index (χ1) is 17.4. The minimum atomic E-state index is -0.358. The van der Waals surface area contributed by atoms with Gasteiger partial charge in [-0.1, -0.05) is 60.7 Å². The van der Waals surface area contributed by atoms with Crippen molar-refractivity contribution in [1.29, 1.82) is 0 Å². The Morgan fingerprint density at radius 1 is 0.944 bits per heavy atom. The van der Waals surface area contributed by atoms with Crippen LogP contribution >= 0.6 is 11.8 Å². The zero-order valence-corrected chi connectivity index (χ0v) is 20.9. The summed E-state index contributed by atoms with van der Waals surface area (Å²) in [5.41, 5.74) is 3.82. The third kappa shape index (κ3) is 4.47. The van der Waals surface area contributed by atoms with Crippen LogP contribution in [-0.2, 0) is 18.4 Å². The highest BCUT2D eigenvalue weighted by Crippen LogP contribution is 2.39. The van der Waals surface area contributed by atoms with Gasteiger partial charge in [0.15, 0.2) is 0 Å². The van der Waals surface area contributed by atoms with Gasteiger partial charge in [-0.2, -0.15) is 0 Å². The molecule has 0 aliphatic carbocycles. The third-order valence-electron chi connectivity index (χ3n) is 6.41. The molecule has 1 unspecified atom stereocenters. The fraction of sp³-hybridized carbons (Fsp3) is 0.179. The van der Waals surface area contributed by atoms with Gasteiger partial charge in [0, 0.05) is 19.2 Å². The van der Waals surface area contributed by atoms with Gasteiger partial charge in [0.1, 0.15) is 11.1 Å². The summed E-state index contributed by atoms with van der Waals surface area (Å²) in [4.78, 5) is 40.6. The maximum atomic E-state index is 13.1. The molecule has 1 saturated heterocycles. The molecule has 1 aliphatic heterocycles. The van der Waals surface area contributed by atoms with Crippen LogP contribution in [0, 0.1) is 6.92 Å². The van der Waals surface area contributed by atoms with Gasteiger partial charge < -0.3 is 10.2 Å². The molecule has 0 radical (unpaired) electrons. The number of benzene rings is 3. The Kier molecular flexibility index (Phi) is 6.52. The second-order valence-electron chi connectivity index (χ2n) is 8.68. The Morgan fingerprint density at radius 3 is 2.25 bits per heavy atom. The van der Waals surface area contributed by atoms with Crippen molar-refractivity contribution >= 4 is 29.3 Å². The van der Waals surface area contributed by atoms with Gasteiger partial charge in [0.2, 0.25) is 5.91 Å². The largest absolute Gasteiger partial charge is 0.322 e. The van der Waals surface area contributed by atoms with Crippen molar-refractivity contribution in [2.24, 2.45) is 7.05 Å². The van der Waals surface area contributed by atoms with Crippen molar-refractivity contribution in [3.8, 4) is 5.69 Å². The highest BCUT2D eigenvalue weighted by Gasteiger charge is 2.32. The summed E-state index contributed by atoms with van der Waals surface area (Å²) in [6, 6.07) is 26.5. The van der Waals surface area contributed by atoms with Crippen LogP contribution in [0.1, 0.15) is 32.6 Å². The van der Waals surface area contributed by atoms with Crippen LogP contribution in [0.15, 0.2) is 89.7 Å². The molecule has 3 aromatic carbocycles. The number of thioether (sulfide) groups is 1. The normalized spacial score (nSPS) is 15.3. The van der Waals surface area contributed by atoms with E-state index in [9.17, 15) is 14.4 Å². The first-order valence-electron chi connectivity index (χ1n) is 11.6. The number of nitrogens with zero attached hydrogens (tertiary/aromatic N) is 3. The van der Waals surface area contributed by atoms with Gasteiger partial charge in [-0.3, -0.25) is 19.1 Å². The average Bonchev–Trinajstić information content (AvgIpc) is 3.36. The molecule has 4 aromatic rings. The molecule has 1 aromatic heterocycles. The van der Waals surface area contributed by atoms with Gasteiger partial charge in [0.05, 0.1) is 17.1 Å². The Morgan fingerprint density at radius 2 is 1.58 bits per heavy atom. The number of anilines is 1. The molecule has 2 amide bonds. The molecule has 36 heavy (non-hydrogen) atoms. The lowest BCUT2D eigenvalue weighted by molar-refractivity contribution is -0.128.